The number of carbonyl (C=O) groups is 3. The molecule has 4 rings (SSSR count). The first-order chi connectivity index (χ1) is 13.1. The van der Waals surface area contributed by atoms with Crippen LogP contribution in [0.3, 0.4) is 0 Å². The summed E-state index contributed by atoms with van der Waals surface area (Å²) in [4.78, 5) is 46.3. The summed E-state index contributed by atoms with van der Waals surface area (Å²) in [5, 5.41) is 1.09. The van der Waals surface area contributed by atoms with Crippen LogP contribution in [0.25, 0.3) is 10.6 Å². The van der Waals surface area contributed by atoms with E-state index in [2.05, 4.69) is 4.98 Å². The van der Waals surface area contributed by atoms with Crippen molar-refractivity contribution < 1.29 is 24.0 Å². The predicted molar refractivity (Wildman–Crippen MR) is 96.5 cm³/mol. The zero-order valence-corrected chi connectivity index (χ0v) is 14.9. The van der Waals surface area contributed by atoms with Crippen LogP contribution >= 0.6 is 11.3 Å². The maximum atomic E-state index is 12.4. The first-order valence-corrected chi connectivity index (χ1v) is 8.70. The molecular weight excluding hydrogens is 368 g/mol. The van der Waals surface area contributed by atoms with Crippen molar-refractivity contribution in [2.75, 3.05) is 7.11 Å². The first kappa shape index (κ1) is 16.9. The Kier molecular flexibility index (Phi) is 4.17. The normalized spacial score (nSPS) is 12.9. The highest BCUT2D eigenvalue weighted by Crippen LogP contribution is 2.28. The molecule has 0 saturated carbocycles. The van der Waals surface area contributed by atoms with Gasteiger partial charge in [-0.3, -0.25) is 9.59 Å². The zero-order chi connectivity index (χ0) is 19.0. The van der Waals surface area contributed by atoms with Gasteiger partial charge in [0, 0.05) is 5.56 Å². The van der Waals surface area contributed by atoms with Crippen LogP contribution in [0.4, 0.5) is 0 Å². The second kappa shape index (κ2) is 6.65. The number of amides is 2. The fourth-order valence-corrected chi connectivity index (χ4v) is 3.41. The number of aromatic nitrogens is 1. The molecule has 0 saturated heterocycles. The molecule has 0 fully saturated rings. The summed E-state index contributed by atoms with van der Waals surface area (Å²) in [5.74, 6) is -1.44. The van der Waals surface area contributed by atoms with Gasteiger partial charge in [0.25, 0.3) is 11.8 Å². The fourth-order valence-electron chi connectivity index (χ4n) is 2.61. The van der Waals surface area contributed by atoms with Gasteiger partial charge in [-0.15, -0.1) is 11.3 Å². The summed E-state index contributed by atoms with van der Waals surface area (Å²) in [6, 6.07) is 13.5. The number of thiazole rings is 1. The van der Waals surface area contributed by atoms with Gasteiger partial charge in [0.2, 0.25) is 0 Å². The number of rotatable bonds is 4. The van der Waals surface area contributed by atoms with E-state index in [-0.39, 0.29) is 16.0 Å². The van der Waals surface area contributed by atoms with E-state index in [0.29, 0.717) is 15.8 Å². The quantitative estimate of drug-likeness (QED) is 0.646. The molecule has 7 nitrogen and oxygen atoms in total. The summed E-state index contributed by atoms with van der Waals surface area (Å²) in [6.07, 6.45) is 1.35. The largest absolute Gasteiger partial charge is 0.497 e. The Labute approximate surface area is 157 Å². The lowest BCUT2D eigenvalue weighted by Crippen LogP contribution is -2.32. The van der Waals surface area contributed by atoms with Crippen LogP contribution in [-0.4, -0.2) is 34.9 Å². The number of carbonyl (C=O) groups excluding carboxylic acids is 3. The van der Waals surface area contributed by atoms with Crippen LogP contribution in [0.15, 0.2) is 54.7 Å². The molecule has 2 aromatic carbocycles. The predicted octanol–water partition coefficient (Wildman–Crippen LogP) is 3.19. The van der Waals surface area contributed by atoms with Gasteiger partial charge in [0.15, 0.2) is 0 Å². The molecule has 2 amide bonds. The van der Waals surface area contributed by atoms with Crippen molar-refractivity contribution >= 4 is 29.1 Å². The topological polar surface area (TPSA) is 85.8 Å². The zero-order valence-electron chi connectivity index (χ0n) is 14.0. The maximum Gasteiger partial charge on any atom is 0.375 e. The summed E-state index contributed by atoms with van der Waals surface area (Å²) in [5.41, 5.74) is 1.22. The number of fused-ring (bicyclic) bond motifs is 1. The third-order valence-electron chi connectivity index (χ3n) is 3.97. The second-order valence-corrected chi connectivity index (χ2v) is 6.62. The van der Waals surface area contributed by atoms with Crippen LogP contribution in [0.2, 0.25) is 0 Å². The lowest BCUT2D eigenvalue weighted by Gasteiger charge is -2.11. The minimum absolute atomic E-state index is 0.178. The number of nitrogens with zero attached hydrogens (tertiary/aromatic N) is 2. The first-order valence-electron chi connectivity index (χ1n) is 7.89. The second-order valence-electron chi connectivity index (χ2n) is 5.59. The van der Waals surface area contributed by atoms with Gasteiger partial charge in [-0.05, 0) is 36.4 Å². The van der Waals surface area contributed by atoms with Gasteiger partial charge >= 0.3 is 5.97 Å². The van der Waals surface area contributed by atoms with E-state index >= 15 is 0 Å². The molecule has 0 radical (unpaired) electrons. The van der Waals surface area contributed by atoms with E-state index in [1.807, 2.05) is 12.1 Å². The van der Waals surface area contributed by atoms with Crippen LogP contribution < -0.4 is 4.74 Å². The fraction of sp³-hybridized carbons (Fsp3) is 0.0526. The smallest absolute Gasteiger partial charge is 0.375 e. The van der Waals surface area contributed by atoms with E-state index in [4.69, 9.17) is 9.57 Å². The van der Waals surface area contributed by atoms with Crippen LogP contribution in [0.1, 0.15) is 30.4 Å². The Morgan fingerprint density at radius 3 is 2.22 bits per heavy atom. The van der Waals surface area contributed by atoms with Gasteiger partial charge < -0.3 is 9.57 Å². The minimum atomic E-state index is -0.818. The molecule has 2 heterocycles. The number of hydroxylamine groups is 2. The van der Waals surface area contributed by atoms with Gasteiger partial charge in [-0.2, -0.15) is 0 Å². The highest BCUT2D eigenvalue weighted by atomic mass is 32.1. The number of benzene rings is 2. The molecular formula is C19H12N2O5S. The average Bonchev–Trinajstić information content (AvgIpc) is 3.29. The van der Waals surface area contributed by atoms with Gasteiger partial charge in [-0.25, -0.2) is 9.78 Å². The Bertz CT molecular complexity index is 1020. The molecule has 1 aromatic heterocycles. The van der Waals surface area contributed by atoms with E-state index in [1.165, 1.54) is 18.3 Å². The lowest BCUT2D eigenvalue weighted by atomic mass is 10.1. The number of imide groups is 1. The highest BCUT2D eigenvalue weighted by molar-refractivity contribution is 7.16. The molecule has 134 valence electrons. The SMILES string of the molecule is COc1ccc(-c2ncc(C(=O)ON3C(=O)c4ccccc4C3=O)s2)cc1. The van der Waals surface area contributed by atoms with Crippen LogP contribution in [0, 0.1) is 0 Å². The van der Waals surface area contributed by atoms with E-state index in [9.17, 15) is 14.4 Å². The number of hydrogen-bond acceptors (Lipinski definition) is 7. The monoisotopic (exact) mass is 380 g/mol. The van der Waals surface area contributed by atoms with Gasteiger partial charge in [0.1, 0.15) is 15.6 Å². The molecule has 0 bridgehead atoms. The Morgan fingerprint density at radius 2 is 1.63 bits per heavy atom. The van der Waals surface area contributed by atoms with Crippen molar-refractivity contribution in [1.82, 2.24) is 10.0 Å². The maximum absolute atomic E-state index is 12.4. The van der Waals surface area contributed by atoms with Gasteiger partial charge in [-0.1, -0.05) is 17.2 Å². The molecule has 27 heavy (non-hydrogen) atoms. The molecule has 8 heteroatoms. The summed E-state index contributed by atoms with van der Waals surface area (Å²) in [6.45, 7) is 0. The minimum Gasteiger partial charge on any atom is -0.497 e. The number of ether oxygens (including phenoxy) is 1. The lowest BCUT2D eigenvalue weighted by molar-refractivity contribution is -0.0581. The Balaban J connectivity index is 1.52. The molecule has 3 aromatic rings. The van der Waals surface area contributed by atoms with Gasteiger partial charge in [0.05, 0.1) is 24.4 Å². The highest BCUT2D eigenvalue weighted by Gasteiger charge is 2.39. The Morgan fingerprint density at radius 1 is 1.00 bits per heavy atom. The molecule has 0 spiro atoms. The third-order valence-corrected chi connectivity index (χ3v) is 5.00. The molecule has 0 aliphatic carbocycles. The van der Waals surface area contributed by atoms with Crippen molar-refractivity contribution in [3.8, 4) is 16.3 Å². The average molecular weight is 380 g/mol. The molecule has 0 unspecified atom stereocenters. The summed E-state index contributed by atoms with van der Waals surface area (Å²) < 4.78 is 5.11. The van der Waals surface area contributed by atoms with Crippen molar-refractivity contribution in [1.29, 1.82) is 0 Å². The molecule has 1 aliphatic heterocycles. The van der Waals surface area contributed by atoms with Crippen molar-refractivity contribution in [3.63, 3.8) is 0 Å². The van der Waals surface area contributed by atoms with Crippen molar-refractivity contribution in [2.24, 2.45) is 0 Å². The van der Waals surface area contributed by atoms with E-state index < -0.39 is 17.8 Å². The standard InChI is InChI=1S/C19H12N2O5S/c1-25-12-8-6-11(7-9-12)16-20-10-15(27-16)19(24)26-21-17(22)13-4-2-3-5-14(13)18(21)23/h2-10H,1H3. The summed E-state index contributed by atoms with van der Waals surface area (Å²) >= 11 is 1.10. The van der Waals surface area contributed by atoms with Crippen LogP contribution in [0.5, 0.6) is 5.75 Å². The number of hydrogen-bond donors (Lipinski definition) is 0. The molecule has 0 atom stereocenters. The van der Waals surface area contributed by atoms with E-state index in [0.717, 1.165) is 16.9 Å². The third kappa shape index (κ3) is 2.96. The van der Waals surface area contributed by atoms with Crippen molar-refractivity contribution in [2.45, 2.75) is 0 Å². The molecule has 1 aliphatic rings. The molecule has 0 N–H and O–H groups in total. The number of methoxy groups -OCH3 is 1. The van der Waals surface area contributed by atoms with Crippen LogP contribution in [-0.2, 0) is 4.84 Å². The summed E-state index contributed by atoms with van der Waals surface area (Å²) in [7, 11) is 1.58. The Hall–Kier alpha value is -3.52. The van der Waals surface area contributed by atoms with E-state index in [1.54, 1.807) is 31.4 Å². The van der Waals surface area contributed by atoms with Crippen molar-refractivity contribution in [3.05, 3.63) is 70.7 Å².